The normalized spacial score (nSPS) is 12.8. The fraction of sp³-hybridized carbons (Fsp3) is 0.562. The molecule has 0 aromatic heterocycles. The Balaban J connectivity index is 2.77. The summed E-state index contributed by atoms with van der Waals surface area (Å²) in [6, 6.07) is 7.89. The summed E-state index contributed by atoms with van der Waals surface area (Å²) in [5.74, 6) is 0.0471. The Morgan fingerprint density at radius 1 is 1.11 bits per heavy atom. The van der Waals surface area contributed by atoms with Gasteiger partial charge < -0.3 is 0 Å². The summed E-state index contributed by atoms with van der Waals surface area (Å²) in [4.78, 5) is 12.0. The zero-order chi connectivity index (χ0) is 14.6. The van der Waals surface area contributed by atoms with E-state index in [0.717, 1.165) is 17.0 Å². The standard InChI is InChI=1S/C16H25NO2/c1-11(2)10-14-6-8-15(9-7-14)13(5)16(18)17(19)12(3)4/h6-9,11-13,19H,10H2,1-5H3/t13-/m0/s1. The lowest BCUT2D eigenvalue weighted by molar-refractivity contribution is -0.174. The van der Waals surface area contributed by atoms with Gasteiger partial charge in [0.25, 0.3) is 5.91 Å². The third-order valence-corrected chi connectivity index (χ3v) is 3.21. The van der Waals surface area contributed by atoms with Crippen LogP contribution in [0.15, 0.2) is 24.3 Å². The van der Waals surface area contributed by atoms with Crippen LogP contribution in [-0.4, -0.2) is 22.2 Å². The quantitative estimate of drug-likeness (QED) is 0.651. The number of carbonyl (C=O) groups is 1. The minimum Gasteiger partial charge on any atom is -0.286 e. The first-order valence-electron chi connectivity index (χ1n) is 6.93. The molecule has 1 amide bonds. The van der Waals surface area contributed by atoms with Crippen LogP contribution in [0.5, 0.6) is 0 Å². The van der Waals surface area contributed by atoms with E-state index in [9.17, 15) is 10.0 Å². The fourth-order valence-electron chi connectivity index (χ4n) is 2.01. The largest absolute Gasteiger partial charge is 0.286 e. The molecule has 0 radical (unpaired) electrons. The summed E-state index contributed by atoms with van der Waals surface area (Å²) < 4.78 is 0. The predicted molar refractivity (Wildman–Crippen MR) is 77.2 cm³/mol. The van der Waals surface area contributed by atoms with Crippen LogP contribution >= 0.6 is 0 Å². The Bertz CT molecular complexity index is 409. The first-order valence-corrected chi connectivity index (χ1v) is 6.93. The molecule has 0 heterocycles. The maximum atomic E-state index is 12.0. The molecule has 0 spiro atoms. The van der Waals surface area contributed by atoms with Crippen molar-refractivity contribution in [3.63, 3.8) is 0 Å². The second-order valence-electron chi connectivity index (χ2n) is 5.84. The predicted octanol–water partition coefficient (Wildman–Crippen LogP) is 3.61. The van der Waals surface area contributed by atoms with E-state index in [4.69, 9.17) is 0 Å². The highest BCUT2D eigenvalue weighted by atomic mass is 16.5. The second kappa shape index (κ2) is 6.71. The molecule has 1 rings (SSSR count). The van der Waals surface area contributed by atoms with E-state index in [0.29, 0.717) is 5.92 Å². The topological polar surface area (TPSA) is 40.5 Å². The number of hydrogen-bond donors (Lipinski definition) is 1. The molecule has 0 aliphatic heterocycles. The van der Waals surface area contributed by atoms with Gasteiger partial charge in [0.15, 0.2) is 0 Å². The Labute approximate surface area is 116 Å². The molecule has 0 saturated carbocycles. The number of benzene rings is 1. The molecule has 1 atom stereocenters. The zero-order valence-corrected chi connectivity index (χ0v) is 12.6. The molecular weight excluding hydrogens is 238 g/mol. The summed E-state index contributed by atoms with van der Waals surface area (Å²) in [6.45, 7) is 9.77. The summed E-state index contributed by atoms with van der Waals surface area (Å²) in [6.07, 6.45) is 1.04. The summed E-state index contributed by atoms with van der Waals surface area (Å²) in [5.41, 5.74) is 2.22. The Hall–Kier alpha value is -1.35. The molecule has 1 aromatic carbocycles. The van der Waals surface area contributed by atoms with Crippen molar-refractivity contribution in [1.29, 1.82) is 0 Å². The van der Waals surface area contributed by atoms with E-state index < -0.39 is 0 Å². The highest BCUT2D eigenvalue weighted by Gasteiger charge is 2.22. The van der Waals surface area contributed by atoms with Crippen molar-refractivity contribution in [3.8, 4) is 0 Å². The molecule has 0 aliphatic rings. The second-order valence-corrected chi connectivity index (χ2v) is 5.84. The van der Waals surface area contributed by atoms with Gasteiger partial charge >= 0.3 is 0 Å². The number of hydrogen-bond acceptors (Lipinski definition) is 2. The molecule has 0 unspecified atom stereocenters. The highest BCUT2D eigenvalue weighted by Crippen LogP contribution is 2.20. The molecule has 0 saturated heterocycles. The van der Waals surface area contributed by atoms with E-state index >= 15 is 0 Å². The van der Waals surface area contributed by atoms with Crippen molar-refractivity contribution >= 4 is 5.91 Å². The van der Waals surface area contributed by atoms with E-state index in [1.165, 1.54) is 5.56 Å². The van der Waals surface area contributed by atoms with Crippen LogP contribution in [0.25, 0.3) is 0 Å². The summed E-state index contributed by atoms with van der Waals surface area (Å²) >= 11 is 0. The van der Waals surface area contributed by atoms with Crippen molar-refractivity contribution in [3.05, 3.63) is 35.4 Å². The number of hydroxylamine groups is 2. The molecule has 0 fully saturated rings. The average Bonchev–Trinajstić information content (AvgIpc) is 2.36. The first-order chi connectivity index (χ1) is 8.82. The molecule has 3 heteroatoms. The molecule has 1 aromatic rings. The Morgan fingerprint density at radius 3 is 2.05 bits per heavy atom. The van der Waals surface area contributed by atoms with E-state index in [-0.39, 0.29) is 17.9 Å². The van der Waals surface area contributed by atoms with E-state index in [2.05, 4.69) is 26.0 Å². The Morgan fingerprint density at radius 2 is 1.63 bits per heavy atom. The van der Waals surface area contributed by atoms with Gasteiger partial charge in [0.2, 0.25) is 0 Å². The van der Waals surface area contributed by atoms with Crippen LogP contribution in [0.2, 0.25) is 0 Å². The Kier molecular flexibility index (Phi) is 5.55. The molecule has 106 valence electrons. The van der Waals surface area contributed by atoms with Gasteiger partial charge in [0.05, 0.1) is 12.0 Å². The van der Waals surface area contributed by atoms with Crippen molar-refractivity contribution in [1.82, 2.24) is 5.06 Å². The maximum absolute atomic E-state index is 12.0. The fourth-order valence-corrected chi connectivity index (χ4v) is 2.01. The van der Waals surface area contributed by atoms with Crippen LogP contribution in [0.4, 0.5) is 0 Å². The highest BCUT2D eigenvalue weighted by molar-refractivity contribution is 5.82. The number of carbonyl (C=O) groups excluding carboxylic acids is 1. The van der Waals surface area contributed by atoms with Gasteiger partial charge in [0, 0.05) is 0 Å². The van der Waals surface area contributed by atoms with Gasteiger partial charge in [-0.2, -0.15) is 0 Å². The number of amides is 1. The van der Waals surface area contributed by atoms with Gasteiger partial charge in [-0.25, -0.2) is 5.06 Å². The molecule has 3 nitrogen and oxygen atoms in total. The van der Waals surface area contributed by atoms with Crippen molar-refractivity contribution in [2.75, 3.05) is 0 Å². The molecular formula is C16H25NO2. The molecule has 19 heavy (non-hydrogen) atoms. The monoisotopic (exact) mass is 263 g/mol. The number of rotatable bonds is 5. The van der Waals surface area contributed by atoms with Gasteiger partial charge in [-0.05, 0) is 44.2 Å². The van der Waals surface area contributed by atoms with Crippen LogP contribution in [0, 0.1) is 5.92 Å². The van der Waals surface area contributed by atoms with Crippen molar-refractivity contribution in [2.24, 2.45) is 5.92 Å². The smallest absolute Gasteiger partial charge is 0.253 e. The van der Waals surface area contributed by atoms with Crippen molar-refractivity contribution in [2.45, 2.75) is 53.0 Å². The molecule has 0 bridgehead atoms. The van der Waals surface area contributed by atoms with Crippen LogP contribution in [0.3, 0.4) is 0 Å². The van der Waals surface area contributed by atoms with Crippen molar-refractivity contribution < 1.29 is 10.0 Å². The summed E-state index contributed by atoms with van der Waals surface area (Å²) in [5, 5.41) is 10.5. The third kappa shape index (κ3) is 4.35. The van der Waals surface area contributed by atoms with Gasteiger partial charge in [-0.1, -0.05) is 38.1 Å². The first kappa shape index (κ1) is 15.7. The summed E-state index contributed by atoms with van der Waals surface area (Å²) in [7, 11) is 0. The molecule has 0 aliphatic carbocycles. The van der Waals surface area contributed by atoms with Gasteiger partial charge in [-0.15, -0.1) is 0 Å². The average molecular weight is 263 g/mol. The lowest BCUT2D eigenvalue weighted by Gasteiger charge is -2.23. The van der Waals surface area contributed by atoms with E-state index in [1.54, 1.807) is 13.8 Å². The lowest BCUT2D eigenvalue weighted by atomic mass is 9.96. The minimum atomic E-state index is -0.319. The van der Waals surface area contributed by atoms with Crippen LogP contribution < -0.4 is 0 Å². The zero-order valence-electron chi connectivity index (χ0n) is 12.6. The van der Waals surface area contributed by atoms with E-state index in [1.807, 2.05) is 19.1 Å². The molecule has 1 N–H and O–H groups in total. The SMILES string of the molecule is CC(C)Cc1ccc([C@H](C)C(=O)N(O)C(C)C)cc1. The van der Waals surface area contributed by atoms with Crippen LogP contribution in [-0.2, 0) is 11.2 Å². The van der Waals surface area contributed by atoms with Gasteiger partial charge in [-0.3, -0.25) is 10.0 Å². The lowest BCUT2D eigenvalue weighted by Crippen LogP contribution is -2.36. The third-order valence-electron chi connectivity index (χ3n) is 3.21. The minimum absolute atomic E-state index is 0.199. The maximum Gasteiger partial charge on any atom is 0.253 e. The van der Waals surface area contributed by atoms with Crippen LogP contribution in [0.1, 0.15) is 51.7 Å². The number of nitrogens with zero attached hydrogens (tertiary/aromatic N) is 1. The van der Waals surface area contributed by atoms with Gasteiger partial charge in [0.1, 0.15) is 0 Å².